The Bertz CT molecular complexity index is 469. The third-order valence-corrected chi connectivity index (χ3v) is 3.87. The number of fused-ring (bicyclic) bond motifs is 1. The fourth-order valence-corrected chi connectivity index (χ4v) is 3.10. The molecule has 104 valence electrons. The number of rotatable bonds is 4. The minimum atomic E-state index is -0.699. The normalized spacial score (nSPS) is 16.2. The molecule has 1 aromatic carbocycles. The molecule has 0 amide bonds. The second-order valence-electron chi connectivity index (χ2n) is 6.94. The van der Waals surface area contributed by atoms with Crippen molar-refractivity contribution in [1.82, 2.24) is 0 Å². The molecular formula is C17H24O2. The van der Waals surface area contributed by atoms with E-state index in [0.29, 0.717) is 0 Å². The molecule has 2 heteroatoms. The summed E-state index contributed by atoms with van der Waals surface area (Å²) in [5, 5.41) is 9.14. The summed E-state index contributed by atoms with van der Waals surface area (Å²) < 4.78 is 0. The summed E-state index contributed by atoms with van der Waals surface area (Å²) in [6.45, 7) is 6.53. The van der Waals surface area contributed by atoms with E-state index in [1.165, 1.54) is 29.5 Å². The fraction of sp³-hybridized carbons (Fsp3) is 0.588. The third kappa shape index (κ3) is 3.82. The Morgan fingerprint density at radius 1 is 1.26 bits per heavy atom. The van der Waals surface area contributed by atoms with Gasteiger partial charge in [0.2, 0.25) is 0 Å². The molecule has 0 bridgehead atoms. The quantitative estimate of drug-likeness (QED) is 0.882. The van der Waals surface area contributed by atoms with E-state index in [1.54, 1.807) is 0 Å². The van der Waals surface area contributed by atoms with Gasteiger partial charge in [-0.15, -0.1) is 0 Å². The van der Waals surface area contributed by atoms with Crippen molar-refractivity contribution in [3.8, 4) is 0 Å². The lowest BCUT2D eigenvalue weighted by Gasteiger charge is -2.25. The number of carbonyl (C=O) groups is 1. The predicted octanol–water partition coefficient (Wildman–Crippen LogP) is 4.17. The van der Waals surface area contributed by atoms with Crippen molar-refractivity contribution in [2.45, 2.75) is 58.8 Å². The Hall–Kier alpha value is -1.31. The van der Waals surface area contributed by atoms with Crippen molar-refractivity contribution in [2.75, 3.05) is 0 Å². The van der Waals surface area contributed by atoms with Gasteiger partial charge in [-0.1, -0.05) is 39.0 Å². The van der Waals surface area contributed by atoms with Crippen molar-refractivity contribution in [2.24, 2.45) is 5.41 Å². The van der Waals surface area contributed by atoms with Gasteiger partial charge in [-0.25, -0.2) is 0 Å². The molecule has 0 aromatic heterocycles. The number of aryl methyl sites for hydroxylation is 2. The van der Waals surface area contributed by atoms with Gasteiger partial charge >= 0.3 is 5.97 Å². The maximum atomic E-state index is 11.1. The summed E-state index contributed by atoms with van der Waals surface area (Å²) in [5.41, 5.74) is 4.24. The van der Waals surface area contributed by atoms with Crippen molar-refractivity contribution in [3.05, 3.63) is 34.9 Å². The van der Waals surface area contributed by atoms with Gasteiger partial charge in [-0.05, 0) is 53.7 Å². The number of carboxylic acids is 1. The van der Waals surface area contributed by atoms with Gasteiger partial charge in [-0.2, -0.15) is 0 Å². The Kier molecular flexibility index (Phi) is 3.98. The van der Waals surface area contributed by atoms with Crippen LogP contribution in [0.5, 0.6) is 0 Å². The molecule has 0 saturated heterocycles. The van der Waals surface area contributed by atoms with E-state index >= 15 is 0 Å². The SMILES string of the molecule is CC(C)(C)CC(CC(=O)O)c1ccc2c(c1)CCC2. The highest BCUT2D eigenvalue weighted by Crippen LogP contribution is 2.35. The molecule has 1 aromatic rings. The Labute approximate surface area is 115 Å². The van der Waals surface area contributed by atoms with Crippen molar-refractivity contribution in [1.29, 1.82) is 0 Å². The molecule has 0 radical (unpaired) electrons. The molecule has 19 heavy (non-hydrogen) atoms. The van der Waals surface area contributed by atoms with Gasteiger partial charge in [-0.3, -0.25) is 4.79 Å². The van der Waals surface area contributed by atoms with Crippen LogP contribution in [0.15, 0.2) is 18.2 Å². The maximum absolute atomic E-state index is 11.1. The highest BCUT2D eigenvalue weighted by molar-refractivity contribution is 5.68. The monoisotopic (exact) mass is 260 g/mol. The van der Waals surface area contributed by atoms with E-state index in [2.05, 4.69) is 39.0 Å². The number of carboxylic acid groups (broad SMARTS) is 1. The Balaban J connectivity index is 2.24. The number of aliphatic carboxylic acids is 1. The van der Waals surface area contributed by atoms with Crippen LogP contribution in [-0.2, 0) is 17.6 Å². The molecule has 0 heterocycles. The molecule has 2 nitrogen and oxygen atoms in total. The van der Waals surface area contributed by atoms with Crippen LogP contribution in [0.1, 0.15) is 62.6 Å². The van der Waals surface area contributed by atoms with Crippen LogP contribution in [-0.4, -0.2) is 11.1 Å². The summed E-state index contributed by atoms with van der Waals surface area (Å²) in [7, 11) is 0. The molecule has 1 aliphatic rings. The van der Waals surface area contributed by atoms with Crippen molar-refractivity contribution >= 4 is 5.97 Å². The zero-order valence-electron chi connectivity index (χ0n) is 12.2. The first kappa shape index (κ1) is 14.1. The van der Waals surface area contributed by atoms with Gasteiger partial charge in [0.1, 0.15) is 0 Å². The molecule has 0 spiro atoms. The lowest BCUT2D eigenvalue weighted by Crippen LogP contribution is -2.15. The molecule has 1 N–H and O–H groups in total. The molecule has 0 aliphatic heterocycles. The second kappa shape index (κ2) is 5.36. The molecule has 0 fully saturated rings. The largest absolute Gasteiger partial charge is 0.481 e. The van der Waals surface area contributed by atoms with Crippen LogP contribution >= 0.6 is 0 Å². The standard InChI is InChI=1S/C17H24O2/c1-17(2,3)11-15(10-16(18)19)14-8-7-12-5-4-6-13(12)9-14/h7-9,15H,4-6,10-11H2,1-3H3,(H,18,19). The lowest BCUT2D eigenvalue weighted by molar-refractivity contribution is -0.137. The summed E-state index contributed by atoms with van der Waals surface area (Å²) >= 11 is 0. The van der Waals surface area contributed by atoms with Crippen LogP contribution in [0, 0.1) is 5.41 Å². The fourth-order valence-electron chi connectivity index (χ4n) is 3.10. The topological polar surface area (TPSA) is 37.3 Å². The first-order valence-electron chi connectivity index (χ1n) is 7.19. The van der Waals surface area contributed by atoms with Gasteiger partial charge in [0.15, 0.2) is 0 Å². The summed E-state index contributed by atoms with van der Waals surface area (Å²) in [6.07, 6.45) is 4.72. The van der Waals surface area contributed by atoms with E-state index in [4.69, 9.17) is 5.11 Å². The molecule has 1 unspecified atom stereocenters. The van der Waals surface area contributed by atoms with Crippen molar-refractivity contribution in [3.63, 3.8) is 0 Å². The number of hydrogen-bond donors (Lipinski definition) is 1. The van der Waals surface area contributed by atoms with E-state index in [-0.39, 0.29) is 17.8 Å². The molecule has 2 rings (SSSR count). The van der Waals surface area contributed by atoms with E-state index < -0.39 is 5.97 Å². The number of benzene rings is 1. The lowest BCUT2D eigenvalue weighted by atomic mass is 9.79. The summed E-state index contributed by atoms with van der Waals surface area (Å²) in [4.78, 5) is 11.1. The van der Waals surface area contributed by atoms with Gasteiger partial charge in [0, 0.05) is 0 Å². The summed E-state index contributed by atoms with van der Waals surface area (Å²) in [6, 6.07) is 6.60. The van der Waals surface area contributed by atoms with E-state index in [1.807, 2.05) is 0 Å². The van der Waals surface area contributed by atoms with E-state index in [0.717, 1.165) is 12.8 Å². The van der Waals surface area contributed by atoms with Gasteiger partial charge in [0.25, 0.3) is 0 Å². The minimum absolute atomic E-state index is 0.128. The molecule has 0 saturated carbocycles. The average Bonchev–Trinajstić information content (AvgIpc) is 2.72. The average molecular weight is 260 g/mol. The van der Waals surface area contributed by atoms with E-state index in [9.17, 15) is 4.79 Å². The minimum Gasteiger partial charge on any atom is -0.481 e. The first-order valence-corrected chi connectivity index (χ1v) is 7.19. The zero-order chi connectivity index (χ0) is 14.0. The second-order valence-corrected chi connectivity index (χ2v) is 6.94. The molecule has 1 atom stereocenters. The highest BCUT2D eigenvalue weighted by atomic mass is 16.4. The Morgan fingerprint density at radius 2 is 1.95 bits per heavy atom. The maximum Gasteiger partial charge on any atom is 0.303 e. The van der Waals surface area contributed by atoms with Crippen molar-refractivity contribution < 1.29 is 9.90 Å². The van der Waals surface area contributed by atoms with Crippen LogP contribution < -0.4 is 0 Å². The summed E-state index contributed by atoms with van der Waals surface area (Å²) in [5.74, 6) is -0.571. The first-order chi connectivity index (χ1) is 8.85. The van der Waals surface area contributed by atoms with Crippen LogP contribution in [0.25, 0.3) is 0 Å². The predicted molar refractivity (Wildman–Crippen MR) is 77.5 cm³/mol. The highest BCUT2D eigenvalue weighted by Gasteiger charge is 2.23. The Morgan fingerprint density at radius 3 is 2.58 bits per heavy atom. The molecular weight excluding hydrogens is 236 g/mol. The third-order valence-electron chi connectivity index (χ3n) is 3.87. The molecule has 1 aliphatic carbocycles. The smallest absolute Gasteiger partial charge is 0.303 e. The van der Waals surface area contributed by atoms with Gasteiger partial charge < -0.3 is 5.11 Å². The van der Waals surface area contributed by atoms with Gasteiger partial charge in [0.05, 0.1) is 6.42 Å². The van der Waals surface area contributed by atoms with Crippen LogP contribution in [0.3, 0.4) is 0 Å². The number of hydrogen-bond acceptors (Lipinski definition) is 1. The van der Waals surface area contributed by atoms with Crippen LogP contribution in [0.2, 0.25) is 0 Å². The zero-order valence-corrected chi connectivity index (χ0v) is 12.2. The van der Waals surface area contributed by atoms with Crippen LogP contribution in [0.4, 0.5) is 0 Å².